The number of anilines is 2. The van der Waals surface area contributed by atoms with E-state index in [1.165, 1.54) is 24.6 Å². The van der Waals surface area contributed by atoms with Gasteiger partial charge in [0.25, 0.3) is 0 Å². The van der Waals surface area contributed by atoms with Gasteiger partial charge < -0.3 is 19.7 Å². The predicted octanol–water partition coefficient (Wildman–Crippen LogP) is 4.18. The zero-order valence-corrected chi connectivity index (χ0v) is 17.9. The van der Waals surface area contributed by atoms with Crippen molar-refractivity contribution in [1.29, 1.82) is 0 Å². The van der Waals surface area contributed by atoms with Gasteiger partial charge in [0.2, 0.25) is 0 Å². The maximum atomic E-state index is 12.4. The second-order valence-electron chi connectivity index (χ2n) is 7.86. The van der Waals surface area contributed by atoms with Gasteiger partial charge in [0.1, 0.15) is 16.3 Å². The number of likely N-dealkylation sites (tertiary alicyclic amines) is 1. The van der Waals surface area contributed by atoms with Gasteiger partial charge in [-0.2, -0.15) is 0 Å². The normalized spacial score (nSPS) is 17.0. The van der Waals surface area contributed by atoms with E-state index in [0.717, 1.165) is 18.5 Å². The molecule has 3 heterocycles. The summed E-state index contributed by atoms with van der Waals surface area (Å²) in [6.07, 6.45) is 3.05. The van der Waals surface area contributed by atoms with E-state index in [1.54, 1.807) is 4.90 Å². The van der Waals surface area contributed by atoms with E-state index < -0.39 is 11.6 Å². The molecule has 0 aromatic carbocycles. The van der Waals surface area contributed by atoms with E-state index in [0.29, 0.717) is 28.9 Å². The average molecular weight is 419 g/mol. The van der Waals surface area contributed by atoms with Crippen LogP contribution in [0.25, 0.3) is 0 Å². The summed E-state index contributed by atoms with van der Waals surface area (Å²) in [5.74, 6) is 0.365. The van der Waals surface area contributed by atoms with Crippen molar-refractivity contribution in [2.75, 3.05) is 25.5 Å². The molecule has 1 saturated heterocycles. The molecule has 1 amide bonds. The molecule has 3 rings (SSSR count). The third-order valence-corrected chi connectivity index (χ3v) is 5.28. The average Bonchev–Trinajstić information content (AvgIpc) is 3.15. The lowest BCUT2D eigenvalue weighted by molar-refractivity contribution is 0.0197. The van der Waals surface area contributed by atoms with Gasteiger partial charge >= 0.3 is 12.1 Å². The van der Waals surface area contributed by atoms with E-state index in [4.69, 9.17) is 14.5 Å². The molecule has 0 spiro atoms. The van der Waals surface area contributed by atoms with Gasteiger partial charge in [0, 0.05) is 24.7 Å². The summed E-state index contributed by atoms with van der Waals surface area (Å²) in [7, 11) is 1.34. The summed E-state index contributed by atoms with van der Waals surface area (Å²) in [4.78, 5) is 35.0. The standard InChI is InChI=1S/C20H26N4O4S/c1-20(2,3)28-19(26)24-10-6-7-13(12-24)14-8-5-9-16(22-14)23-18-21-11-15(29-18)17(25)27-4/h5,8-9,11,13H,6-7,10,12H2,1-4H3,(H,21,22,23). The summed E-state index contributed by atoms with van der Waals surface area (Å²) in [6.45, 7) is 6.88. The van der Waals surface area contributed by atoms with Crippen LogP contribution in [0.2, 0.25) is 0 Å². The van der Waals surface area contributed by atoms with Crippen molar-refractivity contribution >= 4 is 34.3 Å². The van der Waals surface area contributed by atoms with Crippen LogP contribution in [0.5, 0.6) is 0 Å². The summed E-state index contributed by atoms with van der Waals surface area (Å²) in [6, 6.07) is 5.74. The van der Waals surface area contributed by atoms with Crippen molar-refractivity contribution < 1.29 is 19.1 Å². The van der Waals surface area contributed by atoms with Gasteiger partial charge in [0.15, 0.2) is 5.13 Å². The first-order chi connectivity index (χ1) is 13.7. The number of esters is 1. The van der Waals surface area contributed by atoms with Crippen LogP contribution in [-0.4, -0.2) is 52.7 Å². The molecule has 0 bridgehead atoms. The molecule has 1 unspecified atom stereocenters. The summed E-state index contributed by atoms with van der Waals surface area (Å²) in [5, 5.41) is 3.70. The lowest BCUT2D eigenvalue weighted by atomic mass is 9.94. The summed E-state index contributed by atoms with van der Waals surface area (Å²) < 4.78 is 10.2. The monoisotopic (exact) mass is 418 g/mol. The number of nitrogens with zero attached hydrogens (tertiary/aromatic N) is 3. The lowest BCUT2D eigenvalue weighted by Gasteiger charge is -2.34. The number of rotatable bonds is 4. The second kappa shape index (κ2) is 8.77. The highest BCUT2D eigenvalue weighted by atomic mass is 32.1. The third kappa shape index (κ3) is 5.66. The van der Waals surface area contributed by atoms with Gasteiger partial charge in [-0.3, -0.25) is 0 Å². The van der Waals surface area contributed by atoms with Crippen LogP contribution < -0.4 is 5.32 Å². The van der Waals surface area contributed by atoms with E-state index in [-0.39, 0.29) is 12.0 Å². The van der Waals surface area contributed by atoms with E-state index >= 15 is 0 Å². The number of nitrogens with one attached hydrogen (secondary N) is 1. The minimum atomic E-state index is -0.511. The molecule has 0 radical (unpaired) electrons. The van der Waals surface area contributed by atoms with E-state index in [1.807, 2.05) is 39.0 Å². The summed E-state index contributed by atoms with van der Waals surface area (Å²) in [5.41, 5.74) is 0.399. The molecule has 9 heteroatoms. The van der Waals surface area contributed by atoms with Gasteiger partial charge in [-0.15, -0.1) is 0 Å². The highest BCUT2D eigenvalue weighted by Gasteiger charge is 2.29. The Bertz CT molecular complexity index is 877. The molecule has 0 saturated carbocycles. The van der Waals surface area contributed by atoms with Gasteiger partial charge in [0.05, 0.1) is 13.3 Å². The van der Waals surface area contributed by atoms with Gasteiger partial charge in [-0.05, 0) is 45.7 Å². The Kier molecular flexibility index (Phi) is 6.36. The Labute approximate surface area is 174 Å². The first-order valence-corrected chi connectivity index (χ1v) is 10.3. The fourth-order valence-electron chi connectivity index (χ4n) is 3.10. The number of carbonyl (C=O) groups excluding carboxylic acids is 2. The number of amides is 1. The Hall–Kier alpha value is -2.68. The van der Waals surface area contributed by atoms with Crippen LogP contribution in [0, 0.1) is 0 Å². The summed E-state index contributed by atoms with van der Waals surface area (Å²) >= 11 is 1.21. The van der Waals surface area contributed by atoms with Crippen LogP contribution in [0.4, 0.5) is 15.7 Å². The molecule has 1 fully saturated rings. The number of piperidine rings is 1. The number of methoxy groups -OCH3 is 1. The van der Waals surface area contributed by atoms with Crippen molar-refractivity contribution in [3.05, 3.63) is 35.0 Å². The Morgan fingerprint density at radius 3 is 2.83 bits per heavy atom. The van der Waals surface area contributed by atoms with Crippen LogP contribution in [0.15, 0.2) is 24.4 Å². The number of pyridine rings is 1. The number of aromatic nitrogens is 2. The number of hydrogen-bond donors (Lipinski definition) is 1. The highest BCUT2D eigenvalue weighted by molar-refractivity contribution is 7.17. The maximum Gasteiger partial charge on any atom is 0.410 e. The molecule has 1 aliphatic rings. The molecule has 1 aliphatic heterocycles. The van der Waals surface area contributed by atoms with Crippen molar-refractivity contribution in [3.63, 3.8) is 0 Å². The minimum absolute atomic E-state index is 0.139. The molecule has 2 aromatic rings. The SMILES string of the molecule is COC(=O)c1cnc(Nc2cccc(C3CCCN(C(=O)OC(C)(C)C)C3)n2)s1. The zero-order valence-electron chi connectivity index (χ0n) is 17.1. The van der Waals surface area contributed by atoms with Crippen molar-refractivity contribution in [3.8, 4) is 0 Å². The Balaban J connectivity index is 1.68. The third-order valence-electron chi connectivity index (χ3n) is 4.39. The van der Waals surface area contributed by atoms with Crippen molar-refractivity contribution in [2.24, 2.45) is 0 Å². The number of carbonyl (C=O) groups is 2. The molecule has 0 aliphatic carbocycles. The fourth-order valence-corrected chi connectivity index (χ4v) is 3.84. The van der Waals surface area contributed by atoms with E-state index in [2.05, 4.69) is 10.3 Å². The van der Waals surface area contributed by atoms with Crippen LogP contribution in [0.1, 0.15) is 54.9 Å². The number of hydrogen-bond acceptors (Lipinski definition) is 8. The number of thiazole rings is 1. The first-order valence-electron chi connectivity index (χ1n) is 9.51. The molecule has 1 N–H and O–H groups in total. The minimum Gasteiger partial charge on any atom is -0.465 e. The van der Waals surface area contributed by atoms with Crippen LogP contribution in [0.3, 0.4) is 0 Å². The van der Waals surface area contributed by atoms with Crippen molar-refractivity contribution in [2.45, 2.75) is 45.1 Å². The second-order valence-corrected chi connectivity index (χ2v) is 8.89. The first kappa shape index (κ1) is 21.0. The quantitative estimate of drug-likeness (QED) is 0.744. The van der Waals surface area contributed by atoms with Gasteiger partial charge in [-0.25, -0.2) is 19.6 Å². The zero-order chi connectivity index (χ0) is 21.0. The topological polar surface area (TPSA) is 93.7 Å². The smallest absolute Gasteiger partial charge is 0.410 e. The Morgan fingerprint density at radius 1 is 1.31 bits per heavy atom. The number of ether oxygens (including phenoxy) is 2. The molecule has 1 atom stereocenters. The maximum absolute atomic E-state index is 12.4. The molecule has 29 heavy (non-hydrogen) atoms. The van der Waals surface area contributed by atoms with Crippen molar-refractivity contribution in [1.82, 2.24) is 14.9 Å². The van der Waals surface area contributed by atoms with Gasteiger partial charge in [-0.1, -0.05) is 17.4 Å². The Morgan fingerprint density at radius 2 is 2.10 bits per heavy atom. The molecule has 8 nitrogen and oxygen atoms in total. The van der Waals surface area contributed by atoms with Crippen LogP contribution in [-0.2, 0) is 9.47 Å². The predicted molar refractivity (Wildman–Crippen MR) is 111 cm³/mol. The lowest BCUT2D eigenvalue weighted by Crippen LogP contribution is -2.42. The molecular weight excluding hydrogens is 392 g/mol. The highest BCUT2D eigenvalue weighted by Crippen LogP contribution is 2.28. The van der Waals surface area contributed by atoms with E-state index in [9.17, 15) is 9.59 Å². The molecular formula is C20H26N4O4S. The fraction of sp³-hybridized carbons (Fsp3) is 0.500. The molecule has 156 valence electrons. The molecule has 2 aromatic heterocycles. The van der Waals surface area contributed by atoms with Crippen LogP contribution >= 0.6 is 11.3 Å². The largest absolute Gasteiger partial charge is 0.465 e.